The van der Waals surface area contributed by atoms with E-state index in [4.69, 9.17) is 9.16 Å². The number of hydrogen-bond acceptors (Lipinski definition) is 3. The summed E-state index contributed by atoms with van der Waals surface area (Å²) in [4.78, 5) is 15.1. The number of unbranched alkanes of at least 4 members (excludes halogenated alkanes) is 3. The Morgan fingerprint density at radius 1 is 1.06 bits per heavy atom. The van der Waals surface area contributed by atoms with E-state index in [0.717, 1.165) is 43.4 Å². The molecule has 0 spiro atoms. The first-order chi connectivity index (χ1) is 17.2. The van der Waals surface area contributed by atoms with E-state index in [-0.39, 0.29) is 18.2 Å². The Morgan fingerprint density at radius 3 is 2.28 bits per heavy atom. The topological polar surface area (TPSA) is 38.8 Å². The van der Waals surface area contributed by atoms with E-state index >= 15 is 0 Å². The summed E-state index contributed by atoms with van der Waals surface area (Å²) in [7, 11) is -1.94. The molecule has 3 atom stereocenters. The van der Waals surface area contributed by atoms with Crippen LogP contribution in [0.4, 0.5) is 4.79 Å². The van der Waals surface area contributed by atoms with Crippen LogP contribution >= 0.6 is 0 Å². The zero-order valence-electron chi connectivity index (χ0n) is 23.0. The van der Waals surface area contributed by atoms with Gasteiger partial charge in [-0.3, -0.25) is 4.90 Å². The lowest BCUT2D eigenvalue weighted by atomic mass is 9.70. The summed E-state index contributed by atoms with van der Waals surface area (Å²) in [6.45, 7) is 16.2. The predicted molar refractivity (Wildman–Crippen MR) is 151 cm³/mol. The molecule has 196 valence electrons. The van der Waals surface area contributed by atoms with Crippen LogP contribution in [0.1, 0.15) is 69.6 Å². The first kappa shape index (κ1) is 28.2. The van der Waals surface area contributed by atoms with Crippen molar-refractivity contribution < 1.29 is 14.0 Å². The molecule has 1 saturated heterocycles. The molecule has 1 heterocycles. The summed E-state index contributed by atoms with van der Waals surface area (Å²) >= 11 is 0. The summed E-state index contributed by atoms with van der Waals surface area (Å²) in [6, 6.07) is 20.8. The summed E-state index contributed by atoms with van der Waals surface area (Å²) < 4.78 is 12.6. The highest BCUT2D eigenvalue weighted by Gasteiger charge is 2.49. The fourth-order valence-corrected chi connectivity index (χ4v) is 6.48. The molecule has 0 aromatic heterocycles. The second-order valence-electron chi connectivity index (χ2n) is 11.1. The van der Waals surface area contributed by atoms with Gasteiger partial charge in [-0.2, -0.15) is 0 Å². The normalized spacial score (nSPS) is 18.5. The van der Waals surface area contributed by atoms with Crippen LogP contribution in [0.2, 0.25) is 19.6 Å². The third-order valence-electron chi connectivity index (χ3n) is 7.32. The van der Waals surface area contributed by atoms with Crippen molar-refractivity contribution in [1.29, 1.82) is 0 Å². The molecule has 36 heavy (non-hydrogen) atoms. The van der Waals surface area contributed by atoms with Gasteiger partial charge in [-0.25, -0.2) is 4.79 Å². The van der Waals surface area contributed by atoms with Crippen molar-refractivity contribution in [2.75, 3.05) is 6.61 Å². The second kappa shape index (κ2) is 12.7. The van der Waals surface area contributed by atoms with Gasteiger partial charge in [-0.15, -0.1) is 0 Å². The van der Waals surface area contributed by atoms with E-state index in [9.17, 15) is 4.79 Å². The molecule has 1 amide bonds. The van der Waals surface area contributed by atoms with Gasteiger partial charge in [0.1, 0.15) is 6.61 Å². The minimum Gasteiger partial charge on any atom is -0.447 e. The predicted octanol–water partition coefficient (Wildman–Crippen LogP) is 8.52. The van der Waals surface area contributed by atoms with Crippen LogP contribution in [-0.4, -0.2) is 32.0 Å². The highest BCUT2D eigenvalue weighted by molar-refractivity contribution is 6.69. The molecule has 1 fully saturated rings. The molecule has 4 nitrogen and oxygen atoms in total. The number of carbonyl (C=O) groups is 1. The van der Waals surface area contributed by atoms with Crippen LogP contribution in [0.15, 0.2) is 72.9 Å². The van der Waals surface area contributed by atoms with Gasteiger partial charge in [0.25, 0.3) is 0 Å². The zero-order valence-corrected chi connectivity index (χ0v) is 24.0. The molecular weight excluding hydrogens is 462 g/mol. The number of ether oxygens (including phenoxy) is 1. The van der Waals surface area contributed by atoms with Crippen molar-refractivity contribution >= 4 is 14.4 Å². The largest absolute Gasteiger partial charge is 0.447 e. The molecule has 0 saturated carbocycles. The quantitative estimate of drug-likeness (QED) is 0.190. The maximum absolute atomic E-state index is 13.2. The van der Waals surface area contributed by atoms with E-state index in [1.54, 1.807) is 0 Å². The third-order valence-corrected chi connectivity index (χ3v) is 8.27. The number of rotatable bonds is 14. The van der Waals surface area contributed by atoms with Gasteiger partial charge in [-0.05, 0) is 50.0 Å². The lowest BCUT2D eigenvalue weighted by Crippen LogP contribution is -2.46. The Hall–Kier alpha value is -2.37. The van der Waals surface area contributed by atoms with Gasteiger partial charge in [0.2, 0.25) is 0 Å². The van der Waals surface area contributed by atoms with E-state index in [0.29, 0.717) is 6.61 Å². The van der Waals surface area contributed by atoms with Crippen LogP contribution in [0.25, 0.3) is 0 Å². The monoisotopic (exact) mass is 507 g/mol. The second-order valence-corrected chi connectivity index (χ2v) is 15.5. The SMILES string of the molecule is C=C(N1C(=O)OC[C@@H]1Cc1ccccc1)[C@@](CC)(CCCCCC)[C@@H](O[Si](C)(C)C)c1ccccc1. The maximum Gasteiger partial charge on any atom is 0.414 e. The van der Waals surface area contributed by atoms with Gasteiger partial charge in [0.15, 0.2) is 8.32 Å². The number of hydrogen-bond donors (Lipinski definition) is 0. The maximum atomic E-state index is 13.2. The molecule has 2 aromatic carbocycles. The van der Waals surface area contributed by atoms with Crippen LogP contribution in [0, 0.1) is 5.41 Å². The highest BCUT2D eigenvalue weighted by atomic mass is 28.4. The molecule has 2 aromatic rings. The van der Waals surface area contributed by atoms with Crippen LogP contribution in [0.5, 0.6) is 0 Å². The smallest absolute Gasteiger partial charge is 0.414 e. The summed E-state index contributed by atoms with van der Waals surface area (Å²) in [5, 5.41) is 0. The Kier molecular flexibility index (Phi) is 9.97. The van der Waals surface area contributed by atoms with Gasteiger partial charge < -0.3 is 9.16 Å². The average Bonchev–Trinajstić information content (AvgIpc) is 3.23. The Bertz CT molecular complexity index is 972. The van der Waals surface area contributed by atoms with Crippen LogP contribution in [0.3, 0.4) is 0 Å². The Labute approximate surface area is 219 Å². The molecule has 1 aliphatic heterocycles. The van der Waals surface area contributed by atoms with Crippen molar-refractivity contribution in [3.63, 3.8) is 0 Å². The first-order valence-corrected chi connectivity index (χ1v) is 17.0. The molecule has 1 aliphatic rings. The van der Waals surface area contributed by atoms with Gasteiger partial charge in [0.05, 0.1) is 12.1 Å². The number of benzene rings is 2. The van der Waals surface area contributed by atoms with E-state index in [1.165, 1.54) is 18.4 Å². The standard InChI is InChI=1S/C31H45NO3Si/c1-7-9-10-17-22-31(8-2,29(35-36(4,5)6)27-20-15-12-16-21-27)25(3)32-28(24-34-30(32)33)23-26-18-13-11-14-19-26/h11-16,18-21,28-29H,3,7-10,17,22-24H2,1-2,4-6H3/t28-,29-,31+/m0/s1. The van der Waals surface area contributed by atoms with Crippen molar-refractivity contribution in [3.05, 3.63) is 84.1 Å². The fourth-order valence-electron chi connectivity index (χ4n) is 5.41. The van der Waals surface area contributed by atoms with Gasteiger partial charge in [0, 0.05) is 11.1 Å². The Balaban J connectivity index is 2.04. The molecule has 0 N–H and O–H groups in total. The number of cyclic esters (lactones) is 1. The van der Waals surface area contributed by atoms with Crippen LogP contribution < -0.4 is 0 Å². The van der Waals surface area contributed by atoms with E-state index in [1.807, 2.05) is 29.2 Å². The fraction of sp³-hybridized carbons (Fsp3) is 0.516. The number of amides is 1. The van der Waals surface area contributed by atoms with Crippen molar-refractivity contribution in [3.8, 4) is 0 Å². The number of carbonyl (C=O) groups excluding carboxylic acids is 1. The molecule has 0 aliphatic carbocycles. The summed E-state index contributed by atoms with van der Waals surface area (Å²) in [5.41, 5.74) is 2.79. The Morgan fingerprint density at radius 2 is 1.69 bits per heavy atom. The lowest BCUT2D eigenvalue weighted by Gasteiger charge is -2.47. The minimum absolute atomic E-state index is 0.0720. The molecule has 0 unspecified atom stereocenters. The van der Waals surface area contributed by atoms with Crippen molar-refractivity contribution in [1.82, 2.24) is 4.90 Å². The van der Waals surface area contributed by atoms with Crippen LogP contribution in [-0.2, 0) is 15.6 Å². The van der Waals surface area contributed by atoms with E-state index < -0.39 is 13.7 Å². The van der Waals surface area contributed by atoms with Crippen molar-refractivity contribution in [2.45, 2.75) is 90.6 Å². The summed E-state index contributed by atoms with van der Waals surface area (Å²) in [6.07, 6.45) is 6.68. The zero-order chi connectivity index (χ0) is 26.2. The van der Waals surface area contributed by atoms with Crippen molar-refractivity contribution in [2.24, 2.45) is 5.41 Å². The molecule has 5 heteroatoms. The van der Waals surface area contributed by atoms with E-state index in [2.05, 4.69) is 76.5 Å². The lowest BCUT2D eigenvalue weighted by molar-refractivity contribution is 0.0328. The molecule has 0 bridgehead atoms. The third kappa shape index (κ3) is 6.89. The summed E-state index contributed by atoms with van der Waals surface area (Å²) in [5.74, 6) is 0. The highest BCUT2D eigenvalue weighted by Crippen LogP contribution is 2.52. The molecular formula is C31H45NO3Si. The molecule has 0 radical (unpaired) electrons. The van der Waals surface area contributed by atoms with Gasteiger partial charge >= 0.3 is 6.09 Å². The minimum atomic E-state index is -1.94. The number of nitrogens with zero attached hydrogens (tertiary/aromatic N) is 1. The first-order valence-electron chi connectivity index (χ1n) is 13.6. The average molecular weight is 508 g/mol. The molecule has 3 rings (SSSR count). The van der Waals surface area contributed by atoms with Gasteiger partial charge in [-0.1, -0.05) is 107 Å².